The van der Waals surface area contributed by atoms with E-state index in [9.17, 15) is 18.3 Å². The standard InChI is InChI=1S/C27H30ClF3N6O3S/c1-37(24-18-10-17(12-27(29,30)31)41-25(18)36-26(35-24)40-3)20-8-16(9-21(20)38)34-13-14-4-6-15(7-5-14)19(32)11-22(39-2)23(28)33/h4-7,10-11,16,20-21,32-34,38H,8-9,12-13H2,1-3H3/b22-11+,32-19?,33-23?/t16-,20+,21-/m1/s1. The average Bonchev–Trinajstić information content (AvgIpc) is 3.50. The Morgan fingerprint density at radius 1 is 1.22 bits per heavy atom. The molecule has 0 saturated heterocycles. The van der Waals surface area contributed by atoms with Gasteiger partial charge in [-0.1, -0.05) is 35.9 Å². The van der Waals surface area contributed by atoms with Crippen LogP contribution >= 0.6 is 22.9 Å². The quantitative estimate of drug-likeness (QED) is 0.177. The summed E-state index contributed by atoms with van der Waals surface area (Å²) in [5.74, 6) is 0.512. The second kappa shape index (κ2) is 12.7. The minimum Gasteiger partial charge on any atom is -0.493 e. The van der Waals surface area contributed by atoms with Gasteiger partial charge in [0, 0.05) is 30.6 Å². The van der Waals surface area contributed by atoms with Gasteiger partial charge in [0.1, 0.15) is 10.6 Å². The van der Waals surface area contributed by atoms with Crippen LogP contribution in [-0.2, 0) is 17.7 Å². The number of alkyl halides is 3. The lowest BCUT2D eigenvalue weighted by molar-refractivity contribution is -0.126. The van der Waals surface area contributed by atoms with Crippen LogP contribution in [0.3, 0.4) is 0 Å². The van der Waals surface area contributed by atoms with Gasteiger partial charge in [0.05, 0.1) is 43.9 Å². The predicted molar refractivity (Wildman–Crippen MR) is 154 cm³/mol. The van der Waals surface area contributed by atoms with E-state index >= 15 is 0 Å². The molecule has 0 spiro atoms. The van der Waals surface area contributed by atoms with Crippen LogP contribution in [0.5, 0.6) is 6.01 Å². The van der Waals surface area contributed by atoms with Gasteiger partial charge in [0.25, 0.3) is 0 Å². The Morgan fingerprint density at radius 3 is 2.54 bits per heavy atom. The van der Waals surface area contributed by atoms with Crippen LogP contribution in [0.1, 0.15) is 28.8 Å². The number of benzene rings is 1. The van der Waals surface area contributed by atoms with E-state index in [4.69, 9.17) is 31.9 Å². The van der Waals surface area contributed by atoms with E-state index in [1.807, 2.05) is 12.1 Å². The number of halogens is 4. The molecule has 3 aromatic rings. The average molecular weight is 611 g/mol. The van der Waals surface area contributed by atoms with Crippen LogP contribution in [0.25, 0.3) is 10.2 Å². The Hall–Kier alpha value is -3.26. The molecular formula is C27H30ClF3N6O3S. The molecule has 1 saturated carbocycles. The van der Waals surface area contributed by atoms with E-state index in [0.717, 1.165) is 16.9 Å². The zero-order valence-electron chi connectivity index (χ0n) is 22.6. The summed E-state index contributed by atoms with van der Waals surface area (Å²) in [6, 6.07) is 8.53. The van der Waals surface area contributed by atoms with Gasteiger partial charge in [-0.25, -0.2) is 0 Å². The van der Waals surface area contributed by atoms with Gasteiger partial charge in [-0.2, -0.15) is 23.1 Å². The molecule has 2 heterocycles. The fraction of sp³-hybridized carbons (Fsp3) is 0.407. The van der Waals surface area contributed by atoms with E-state index in [0.29, 0.717) is 41.0 Å². The number of aliphatic hydroxyl groups excluding tert-OH is 1. The van der Waals surface area contributed by atoms with E-state index in [1.54, 1.807) is 24.1 Å². The van der Waals surface area contributed by atoms with Crippen LogP contribution in [0.15, 0.2) is 42.2 Å². The summed E-state index contributed by atoms with van der Waals surface area (Å²) in [6.07, 6.45) is -3.63. The third-order valence-electron chi connectivity index (χ3n) is 6.86. The number of hydrogen-bond acceptors (Lipinski definition) is 10. The molecule has 1 aliphatic carbocycles. The molecular weight excluding hydrogens is 581 g/mol. The Morgan fingerprint density at radius 2 is 1.93 bits per heavy atom. The minimum absolute atomic E-state index is 0.0140. The molecule has 3 atom stereocenters. The highest BCUT2D eigenvalue weighted by molar-refractivity contribution is 7.18. The second-order valence-electron chi connectivity index (χ2n) is 9.69. The smallest absolute Gasteiger partial charge is 0.393 e. The number of aromatic nitrogens is 2. The molecule has 220 valence electrons. The molecule has 0 radical (unpaired) electrons. The molecule has 1 aromatic carbocycles. The van der Waals surface area contributed by atoms with Crippen molar-refractivity contribution < 1.29 is 27.8 Å². The van der Waals surface area contributed by atoms with Crippen molar-refractivity contribution >= 4 is 49.9 Å². The first-order valence-electron chi connectivity index (χ1n) is 12.6. The van der Waals surface area contributed by atoms with Crippen LogP contribution in [-0.4, -0.2) is 71.6 Å². The lowest BCUT2D eigenvalue weighted by Crippen LogP contribution is -2.38. The highest BCUT2D eigenvalue weighted by atomic mass is 35.5. The number of nitrogens with zero attached hydrogens (tertiary/aromatic N) is 3. The van der Waals surface area contributed by atoms with E-state index < -0.39 is 18.7 Å². The van der Waals surface area contributed by atoms with Crippen LogP contribution in [0, 0.1) is 10.8 Å². The van der Waals surface area contributed by atoms with Gasteiger partial charge < -0.3 is 30.2 Å². The topological polar surface area (TPSA) is 127 Å². The zero-order chi connectivity index (χ0) is 29.9. The van der Waals surface area contributed by atoms with Crippen LogP contribution in [0.2, 0.25) is 0 Å². The second-order valence-corrected chi connectivity index (χ2v) is 11.2. The number of nitrogens with one attached hydrogen (secondary N) is 3. The molecule has 4 rings (SSSR count). The van der Waals surface area contributed by atoms with Crippen molar-refractivity contribution in [1.82, 2.24) is 15.3 Å². The number of thiophene rings is 1. The van der Waals surface area contributed by atoms with Crippen molar-refractivity contribution in [3.8, 4) is 6.01 Å². The lowest BCUT2D eigenvalue weighted by atomic mass is 10.1. The SMILES string of the molecule is CO/C(=C/C(=N)c1ccc(CN[C@H]2C[C@@H](O)[C@@H](N(C)c3nc(OC)nc4sc(CC(F)(F)F)cc34)C2)cc1)C(=N)Cl. The molecule has 9 nitrogen and oxygen atoms in total. The Kier molecular flexibility index (Phi) is 9.52. The maximum Gasteiger partial charge on any atom is 0.393 e. The summed E-state index contributed by atoms with van der Waals surface area (Å²) in [7, 11) is 4.55. The van der Waals surface area contributed by atoms with E-state index in [-0.39, 0.29) is 39.6 Å². The molecule has 1 aliphatic rings. The van der Waals surface area contributed by atoms with Gasteiger partial charge >= 0.3 is 12.2 Å². The van der Waals surface area contributed by atoms with Gasteiger partial charge in [-0.15, -0.1) is 11.3 Å². The molecule has 2 aromatic heterocycles. The fourth-order valence-electron chi connectivity index (χ4n) is 4.81. The number of likely N-dealkylation sites (N-methyl/N-ethyl adjacent to an activating group) is 1. The largest absolute Gasteiger partial charge is 0.493 e. The monoisotopic (exact) mass is 610 g/mol. The summed E-state index contributed by atoms with van der Waals surface area (Å²) in [6.45, 7) is 0.532. The number of anilines is 1. The summed E-state index contributed by atoms with van der Waals surface area (Å²) in [5, 5.41) is 30.2. The number of hydrogen-bond donors (Lipinski definition) is 4. The maximum atomic E-state index is 13.0. The highest BCUT2D eigenvalue weighted by Gasteiger charge is 2.37. The highest BCUT2D eigenvalue weighted by Crippen LogP contribution is 2.37. The molecule has 0 unspecified atom stereocenters. The maximum absolute atomic E-state index is 13.0. The Labute approximate surface area is 244 Å². The Bertz CT molecular complexity index is 1450. The van der Waals surface area contributed by atoms with Crippen molar-refractivity contribution in [2.45, 2.75) is 50.2 Å². The first-order chi connectivity index (χ1) is 19.4. The first kappa shape index (κ1) is 30.7. The third kappa shape index (κ3) is 7.53. The number of fused-ring (bicyclic) bond motifs is 1. The van der Waals surface area contributed by atoms with E-state index in [1.165, 1.54) is 26.4 Å². The van der Waals surface area contributed by atoms with Crippen molar-refractivity contribution in [2.24, 2.45) is 0 Å². The van der Waals surface area contributed by atoms with Crippen molar-refractivity contribution in [3.63, 3.8) is 0 Å². The Balaban J connectivity index is 1.43. The summed E-state index contributed by atoms with van der Waals surface area (Å²) >= 11 is 6.61. The zero-order valence-corrected chi connectivity index (χ0v) is 24.1. The number of rotatable bonds is 11. The van der Waals surface area contributed by atoms with Gasteiger partial charge in [-0.05, 0) is 30.0 Å². The fourth-order valence-corrected chi connectivity index (χ4v) is 5.98. The molecule has 0 bridgehead atoms. The number of methoxy groups -OCH3 is 2. The van der Waals surface area contributed by atoms with E-state index in [2.05, 4.69) is 15.3 Å². The third-order valence-corrected chi connectivity index (χ3v) is 8.07. The number of aliphatic hydroxyl groups is 1. The molecule has 4 N–H and O–H groups in total. The first-order valence-corrected chi connectivity index (χ1v) is 13.8. The summed E-state index contributed by atoms with van der Waals surface area (Å²) in [4.78, 5) is 11.0. The predicted octanol–water partition coefficient (Wildman–Crippen LogP) is 5.04. The number of ether oxygens (including phenoxy) is 2. The summed E-state index contributed by atoms with van der Waals surface area (Å²) in [5.41, 5.74) is 1.77. The van der Waals surface area contributed by atoms with Crippen LogP contribution < -0.4 is 15.0 Å². The van der Waals surface area contributed by atoms with Crippen LogP contribution in [0.4, 0.5) is 19.0 Å². The molecule has 0 aliphatic heterocycles. The lowest BCUT2D eigenvalue weighted by Gasteiger charge is -2.28. The minimum atomic E-state index is -4.34. The molecule has 41 heavy (non-hydrogen) atoms. The van der Waals surface area contributed by atoms with Gasteiger partial charge in [0.2, 0.25) is 0 Å². The summed E-state index contributed by atoms with van der Waals surface area (Å²) < 4.78 is 49.3. The van der Waals surface area contributed by atoms with Crippen molar-refractivity contribution in [2.75, 3.05) is 26.2 Å². The van der Waals surface area contributed by atoms with Crippen molar-refractivity contribution in [1.29, 1.82) is 10.8 Å². The van der Waals surface area contributed by atoms with Gasteiger partial charge in [0.15, 0.2) is 10.9 Å². The van der Waals surface area contributed by atoms with Gasteiger partial charge in [-0.3, -0.25) is 5.41 Å². The molecule has 14 heteroatoms. The molecule has 1 fully saturated rings. The molecule has 0 amide bonds. The normalized spacial score (nSPS) is 19.4. The number of allylic oxidation sites excluding steroid dienone is 2. The van der Waals surface area contributed by atoms with Crippen molar-refractivity contribution in [3.05, 3.63) is 58.2 Å².